The lowest BCUT2D eigenvalue weighted by molar-refractivity contribution is -0.122. The van der Waals surface area contributed by atoms with Crippen LogP contribution in [0.2, 0.25) is 5.02 Å². The molecule has 0 saturated carbocycles. The number of hydrogen-bond acceptors (Lipinski definition) is 4. The number of amides is 1. The van der Waals surface area contributed by atoms with E-state index in [-0.39, 0.29) is 5.91 Å². The van der Waals surface area contributed by atoms with Gasteiger partial charge in [-0.15, -0.1) is 0 Å². The summed E-state index contributed by atoms with van der Waals surface area (Å²) in [5, 5.41) is 1.35. The summed E-state index contributed by atoms with van der Waals surface area (Å²) >= 11 is 7.29. The second-order valence-corrected chi connectivity index (χ2v) is 6.78. The van der Waals surface area contributed by atoms with Gasteiger partial charge in [0.05, 0.1) is 16.9 Å². The minimum absolute atomic E-state index is 0.0244. The van der Waals surface area contributed by atoms with E-state index in [1.807, 2.05) is 43.3 Å². The van der Waals surface area contributed by atoms with Gasteiger partial charge in [0.2, 0.25) is 0 Å². The first kappa shape index (κ1) is 17.6. The van der Waals surface area contributed by atoms with E-state index in [0.29, 0.717) is 21.6 Å². The fraction of sp³-hybridized carbons (Fsp3) is 0.158. The maximum atomic E-state index is 12.6. The van der Waals surface area contributed by atoms with Gasteiger partial charge in [0.25, 0.3) is 5.91 Å². The van der Waals surface area contributed by atoms with Crippen LogP contribution in [0.25, 0.3) is 6.08 Å². The van der Waals surface area contributed by atoms with Gasteiger partial charge in [-0.3, -0.25) is 9.69 Å². The molecule has 1 amide bonds. The molecule has 2 aromatic rings. The quantitative estimate of drug-likeness (QED) is 0.650. The van der Waals surface area contributed by atoms with Crippen molar-refractivity contribution >= 4 is 46.2 Å². The molecule has 1 aliphatic rings. The number of amidine groups is 1. The minimum Gasteiger partial charge on any atom is -0.465 e. The van der Waals surface area contributed by atoms with E-state index in [9.17, 15) is 4.79 Å². The maximum absolute atomic E-state index is 12.6. The van der Waals surface area contributed by atoms with E-state index >= 15 is 0 Å². The normalized spacial score (nSPS) is 18.2. The SMILES string of the molecule is CCCN1C(=O)/C(=C/C=C/c2ccco2)SC1=Nc1ccc(Cl)cc1. The Morgan fingerprint density at radius 2 is 2.08 bits per heavy atom. The van der Waals surface area contributed by atoms with Crippen LogP contribution in [0.4, 0.5) is 5.69 Å². The fourth-order valence-electron chi connectivity index (χ4n) is 2.27. The first-order valence-corrected chi connectivity index (χ1v) is 9.12. The molecule has 0 N–H and O–H groups in total. The minimum atomic E-state index is -0.0244. The second kappa shape index (κ2) is 8.23. The molecule has 0 unspecified atom stereocenters. The number of benzene rings is 1. The van der Waals surface area contributed by atoms with E-state index in [1.54, 1.807) is 29.4 Å². The lowest BCUT2D eigenvalue weighted by Crippen LogP contribution is -2.29. The topological polar surface area (TPSA) is 45.8 Å². The number of nitrogens with zero attached hydrogens (tertiary/aromatic N) is 2. The summed E-state index contributed by atoms with van der Waals surface area (Å²) in [5.41, 5.74) is 0.771. The van der Waals surface area contributed by atoms with E-state index in [1.165, 1.54) is 11.8 Å². The van der Waals surface area contributed by atoms with Gasteiger partial charge in [-0.25, -0.2) is 4.99 Å². The summed E-state index contributed by atoms with van der Waals surface area (Å²) in [6.07, 6.45) is 7.90. The van der Waals surface area contributed by atoms with Crippen molar-refractivity contribution in [2.45, 2.75) is 13.3 Å². The Bertz CT molecular complexity index is 824. The molecule has 1 saturated heterocycles. The van der Waals surface area contributed by atoms with Crippen LogP contribution < -0.4 is 0 Å². The molecular weight excluding hydrogens is 356 g/mol. The van der Waals surface area contributed by atoms with Crippen LogP contribution in [0.5, 0.6) is 0 Å². The Kier molecular flexibility index (Phi) is 5.79. The van der Waals surface area contributed by atoms with Gasteiger partial charge >= 0.3 is 0 Å². The highest BCUT2D eigenvalue weighted by Crippen LogP contribution is 2.33. The van der Waals surface area contributed by atoms with Crippen molar-refractivity contribution in [3.63, 3.8) is 0 Å². The molecule has 0 aliphatic carbocycles. The number of aliphatic imine (C=N–C) groups is 1. The van der Waals surface area contributed by atoms with Crippen molar-refractivity contribution in [1.82, 2.24) is 4.90 Å². The Labute approximate surface area is 155 Å². The van der Waals surface area contributed by atoms with Gasteiger partial charge in [-0.1, -0.05) is 24.6 Å². The highest BCUT2D eigenvalue weighted by Gasteiger charge is 2.32. The number of allylic oxidation sites excluding steroid dienone is 2. The molecule has 1 aromatic heterocycles. The smallest absolute Gasteiger partial charge is 0.266 e. The summed E-state index contributed by atoms with van der Waals surface area (Å²) in [7, 11) is 0. The predicted octanol–water partition coefficient (Wildman–Crippen LogP) is 5.50. The number of hydrogen-bond donors (Lipinski definition) is 0. The molecule has 1 aromatic carbocycles. The molecular formula is C19H17ClN2O2S. The third-order valence-corrected chi connectivity index (χ3v) is 4.71. The fourth-order valence-corrected chi connectivity index (χ4v) is 3.37. The van der Waals surface area contributed by atoms with Gasteiger partial charge in [0, 0.05) is 11.6 Å². The van der Waals surface area contributed by atoms with Gasteiger partial charge in [0.15, 0.2) is 5.17 Å². The Balaban J connectivity index is 1.83. The lowest BCUT2D eigenvalue weighted by Gasteiger charge is -2.13. The van der Waals surface area contributed by atoms with Gasteiger partial charge in [0.1, 0.15) is 5.76 Å². The van der Waals surface area contributed by atoms with Crippen molar-refractivity contribution in [3.8, 4) is 0 Å². The molecule has 128 valence electrons. The van der Waals surface area contributed by atoms with E-state index in [4.69, 9.17) is 16.0 Å². The third-order valence-electron chi connectivity index (χ3n) is 3.44. The van der Waals surface area contributed by atoms with Crippen LogP contribution in [0, 0.1) is 0 Å². The molecule has 1 fully saturated rings. The van der Waals surface area contributed by atoms with Crippen LogP contribution in [-0.2, 0) is 4.79 Å². The number of furan rings is 1. The van der Waals surface area contributed by atoms with E-state index < -0.39 is 0 Å². The molecule has 0 radical (unpaired) electrons. The maximum Gasteiger partial charge on any atom is 0.266 e. The summed E-state index contributed by atoms with van der Waals surface area (Å²) in [6.45, 7) is 2.67. The molecule has 0 bridgehead atoms. The van der Waals surface area contributed by atoms with Gasteiger partial charge in [-0.05, 0) is 66.7 Å². The van der Waals surface area contributed by atoms with Crippen molar-refractivity contribution in [2.75, 3.05) is 6.54 Å². The molecule has 6 heteroatoms. The molecule has 3 rings (SSSR count). The first-order chi connectivity index (χ1) is 12.2. The predicted molar refractivity (Wildman–Crippen MR) is 104 cm³/mol. The Morgan fingerprint density at radius 3 is 2.76 bits per heavy atom. The summed E-state index contributed by atoms with van der Waals surface area (Å²) < 4.78 is 5.24. The monoisotopic (exact) mass is 372 g/mol. The lowest BCUT2D eigenvalue weighted by atomic mass is 10.3. The van der Waals surface area contributed by atoms with Crippen LogP contribution in [0.1, 0.15) is 19.1 Å². The zero-order valence-electron chi connectivity index (χ0n) is 13.7. The van der Waals surface area contributed by atoms with Crippen LogP contribution in [-0.4, -0.2) is 22.5 Å². The van der Waals surface area contributed by atoms with Crippen molar-refractivity contribution in [1.29, 1.82) is 0 Å². The molecule has 4 nitrogen and oxygen atoms in total. The van der Waals surface area contributed by atoms with Crippen molar-refractivity contribution < 1.29 is 9.21 Å². The zero-order valence-corrected chi connectivity index (χ0v) is 15.3. The summed E-state index contributed by atoms with van der Waals surface area (Å²) in [4.78, 5) is 19.6. The van der Waals surface area contributed by atoms with Crippen LogP contribution in [0.3, 0.4) is 0 Å². The van der Waals surface area contributed by atoms with Crippen molar-refractivity contribution in [3.05, 3.63) is 70.5 Å². The van der Waals surface area contributed by atoms with Crippen molar-refractivity contribution in [2.24, 2.45) is 4.99 Å². The molecule has 0 atom stereocenters. The Morgan fingerprint density at radius 1 is 1.28 bits per heavy atom. The zero-order chi connectivity index (χ0) is 17.6. The average molecular weight is 373 g/mol. The highest BCUT2D eigenvalue weighted by molar-refractivity contribution is 8.18. The van der Waals surface area contributed by atoms with Crippen LogP contribution in [0.15, 0.2) is 69.1 Å². The Hall–Kier alpha value is -2.24. The number of thioether (sulfide) groups is 1. The number of carbonyl (C=O) groups excluding carboxylic acids is 1. The molecule has 2 heterocycles. The van der Waals surface area contributed by atoms with E-state index in [2.05, 4.69) is 4.99 Å². The first-order valence-electron chi connectivity index (χ1n) is 7.93. The van der Waals surface area contributed by atoms with Crippen LogP contribution >= 0.6 is 23.4 Å². The largest absolute Gasteiger partial charge is 0.465 e. The third kappa shape index (κ3) is 4.44. The highest BCUT2D eigenvalue weighted by atomic mass is 35.5. The van der Waals surface area contributed by atoms with Gasteiger partial charge in [-0.2, -0.15) is 0 Å². The number of carbonyl (C=O) groups is 1. The molecule has 0 spiro atoms. The standard InChI is InChI=1S/C19H17ClN2O2S/c1-2-12-22-18(23)17(7-3-5-16-6-4-13-24-16)25-19(22)21-15-10-8-14(20)9-11-15/h3-11,13H,2,12H2,1H3/b5-3+,17-7-,21-19?. The summed E-state index contributed by atoms with van der Waals surface area (Å²) in [6, 6.07) is 10.9. The number of halogens is 1. The van der Waals surface area contributed by atoms with Gasteiger partial charge < -0.3 is 4.42 Å². The average Bonchev–Trinajstić information content (AvgIpc) is 3.21. The van der Waals surface area contributed by atoms with E-state index in [0.717, 1.165) is 17.9 Å². The molecule has 1 aliphatic heterocycles. The second-order valence-electron chi connectivity index (χ2n) is 5.34. The summed E-state index contributed by atoms with van der Waals surface area (Å²) in [5.74, 6) is 0.719. The number of rotatable bonds is 5. The molecule has 25 heavy (non-hydrogen) atoms.